The molecule has 2 fully saturated rings. The molecule has 2 atom stereocenters. The van der Waals surface area contributed by atoms with E-state index < -0.39 is 0 Å². The SMILES string of the molecule is O=C(N[C@@H]1CN(Cc2ccccc2Cl)CC[C@@H]1CO)C1CC1. The summed E-state index contributed by atoms with van der Waals surface area (Å²) in [6.07, 6.45) is 2.91. The molecule has 1 heterocycles. The second kappa shape index (κ2) is 6.99. The summed E-state index contributed by atoms with van der Waals surface area (Å²) in [4.78, 5) is 14.3. The van der Waals surface area contributed by atoms with Crippen molar-refractivity contribution in [1.29, 1.82) is 0 Å². The number of aliphatic hydroxyl groups is 1. The van der Waals surface area contributed by atoms with Crippen molar-refractivity contribution in [1.82, 2.24) is 10.2 Å². The second-order valence-corrected chi connectivity index (χ2v) is 6.85. The Morgan fingerprint density at radius 3 is 2.77 bits per heavy atom. The van der Waals surface area contributed by atoms with Crippen molar-refractivity contribution in [2.45, 2.75) is 31.8 Å². The van der Waals surface area contributed by atoms with Crippen molar-refractivity contribution in [3.63, 3.8) is 0 Å². The summed E-state index contributed by atoms with van der Waals surface area (Å²) < 4.78 is 0. The predicted molar refractivity (Wildman–Crippen MR) is 86.6 cm³/mol. The van der Waals surface area contributed by atoms with Crippen LogP contribution in [0.3, 0.4) is 0 Å². The van der Waals surface area contributed by atoms with Crippen LogP contribution in [0.25, 0.3) is 0 Å². The number of piperidine rings is 1. The van der Waals surface area contributed by atoms with Gasteiger partial charge in [0.25, 0.3) is 0 Å². The van der Waals surface area contributed by atoms with Crippen LogP contribution in [-0.4, -0.2) is 41.7 Å². The third-order valence-corrected chi connectivity index (χ3v) is 5.07. The molecule has 5 heteroatoms. The van der Waals surface area contributed by atoms with Gasteiger partial charge in [-0.2, -0.15) is 0 Å². The number of nitrogens with one attached hydrogen (secondary N) is 1. The lowest BCUT2D eigenvalue weighted by molar-refractivity contribution is -0.124. The van der Waals surface area contributed by atoms with Crippen LogP contribution in [0.4, 0.5) is 0 Å². The van der Waals surface area contributed by atoms with E-state index in [-0.39, 0.29) is 30.4 Å². The smallest absolute Gasteiger partial charge is 0.223 e. The molecule has 0 spiro atoms. The predicted octanol–water partition coefficient (Wildman–Crippen LogP) is 2.05. The van der Waals surface area contributed by atoms with Gasteiger partial charge in [-0.1, -0.05) is 29.8 Å². The quantitative estimate of drug-likeness (QED) is 0.872. The maximum atomic E-state index is 12.0. The fourth-order valence-corrected chi connectivity index (χ4v) is 3.30. The Hall–Kier alpha value is -1.10. The third-order valence-electron chi connectivity index (χ3n) is 4.70. The molecule has 0 unspecified atom stereocenters. The van der Waals surface area contributed by atoms with E-state index in [0.717, 1.165) is 49.5 Å². The van der Waals surface area contributed by atoms with E-state index in [4.69, 9.17) is 11.6 Å². The number of nitrogens with zero attached hydrogens (tertiary/aromatic N) is 1. The molecule has 1 aromatic rings. The zero-order valence-corrected chi connectivity index (χ0v) is 13.4. The third kappa shape index (κ3) is 3.80. The zero-order chi connectivity index (χ0) is 15.5. The number of benzene rings is 1. The Kier molecular flexibility index (Phi) is 5.01. The molecule has 3 rings (SSSR count). The number of hydrogen-bond acceptors (Lipinski definition) is 3. The molecule has 2 N–H and O–H groups in total. The largest absolute Gasteiger partial charge is 0.396 e. The van der Waals surface area contributed by atoms with Gasteiger partial charge in [-0.15, -0.1) is 0 Å². The molecule has 1 amide bonds. The average Bonchev–Trinajstić information content (AvgIpc) is 3.35. The lowest BCUT2D eigenvalue weighted by Crippen LogP contribution is -2.53. The minimum atomic E-state index is 0.0364. The van der Waals surface area contributed by atoms with E-state index in [0.29, 0.717) is 0 Å². The summed E-state index contributed by atoms with van der Waals surface area (Å²) in [6.45, 7) is 2.62. The molecule has 22 heavy (non-hydrogen) atoms. The molecule has 0 aromatic heterocycles. The van der Waals surface area contributed by atoms with Crippen molar-refractivity contribution in [3.8, 4) is 0 Å². The first-order valence-corrected chi connectivity index (χ1v) is 8.42. The standard InChI is InChI=1S/C17H23ClN2O2/c18-15-4-2-1-3-13(15)9-20-8-7-14(11-21)16(10-20)19-17(22)12-5-6-12/h1-4,12,14,16,21H,5-11H2,(H,19,22)/t14-,16-/m1/s1. The normalized spacial score (nSPS) is 25.9. The number of rotatable bonds is 5. The van der Waals surface area contributed by atoms with Gasteiger partial charge in [-0.05, 0) is 37.4 Å². The number of carbonyl (C=O) groups excluding carboxylic acids is 1. The molecular formula is C17H23ClN2O2. The summed E-state index contributed by atoms with van der Waals surface area (Å²) in [5.74, 6) is 0.520. The Bertz CT molecular complexity index is 533. The van der Waals surface area contributed by atoms with Crippen LogP contribution in [0, 0.1) is 11.8 Å². The van der Waals surface area contributed by atoms with Crippen LogP contribution >= 0.6 is 11.6 Å². The topological polar surface area (TPSA) is 52.6 Å². The second-order valence-electron chi connectivity index (χ2n) is 6.45. The maximum Gasteiger partial charge on any atom is 0.223 e. The molecular weight excluding hydrogens is 300 g/mol. The van der Waals surface area contributed by atoms with Crippen molar-refractivity contribution in [3.05, 3.63) is 34.9 Å². The van der Waals surface area contributed by atoms with Crippen molar-refractivity contribution in [2.75, 3.05) is 19.7 Å². The number of carbonyl (C=O) groups is 1. The van der Waals surface area contributed by atoms with Crippen LogP contribution in [0.5, 0.6) is 0 Å². The molecule has 2 aliphatic rings. The fraction of sp³-hybridized carbons (Fsp3) is 0.588. The lowest BCUT2D eigenvalue weighted by atomic mass is 9.91. The highest BCUT2D eigenvalue weighted by atomic mass is 35.5. The van der Waals surface area contributed by atoms with Gasteiger partial charge in [-0.25, -0.2) is 0 Å². The van der Waals surface area contributed by atoms with Crippen LogP contribution in [0.1, 0.15) is 24.8 Å². The highest BCUT2D eigenvalue weighted by Crippen LogP contribution is 2.30. The minimum absolute atomic E-state index is 0.0364. The van der Waals surface area contributed by atoms with Crippen molar-refractivity contribution < 1.29 is 9.90 Å². The molecule has 1 aromatic carbocycles. The molecule has 120 valence electrons. The van der Waals surface area contributed by atoms with E-state index >= 15 is 0 Å². The Morgan fingerprint density at radius 1 is 1.32 bits per heavy atom. The maximum absolute atomic E-state index is 12.0. The fourth-order valence-electron chi connectivity index (χ4n) is 3.11. The van der Waals surface area contributed by atoms with Crippen LogP contribution < -0.4 is 5.32 Å². The van der Waals surface area contributed by atoms with E-state index in [1.165, 1.54) is 0 Å². The van der Waals surface area contributed by atoms with Crippen LogP contribution in [0.2, 0.25) is 5.02 Å². The summed E-state index contributed by atoms with van der Waals surface area (Å²) in [7, 11) is 0. The first-order valence-electron chi connectivity index (χ1n) is 8.04. The number of likely N-dealkylation sites (tertiary alicyclic amines) is 1. The van der Waals surface area contributed by atoms with Crippen LogP contribution in [0.15, 0.2) is 24.3 Å². The summed E-state index contributed by atoms with van der Waals surface area (Å²) in [6, 6.07) is 7.91. The molecule has 1 saturated carbocycles. The Balaban J connectivity index is 1.62. The summed E-state index contributed by atoms with van der Waals surface area (Å²) in [5, 5.41) is 13.5. The highest BCUT2D eigenvalue weighted by molar-refractivity contribution is 6.31. The van der Waals surface area contributed by atoms with E-state index in [9.17, 15) is 9.90 Å². The molecule has 0 bridgehead atoms. The zero-order valence-electron chi connectivity index (χ0n) is 12.7. The van der Waals surface area contributed by atoms with Crippen LogP contribution in [-0.2, 0) is 11.3 Å². The number of hydrogen-bond donors (Lipinski definition) is 2. The Labute approximate surface area is 136 Å². The van der Waals surface area contributed by atoms with E-state index in [2.05, 4.69) is 10.2 Å². The number of halogens is 1. The first kappa shape index (κ1) is 15.8. The lowest BCUT2D eigenvalue weighted by Gasteiger charge is -2.38. The average molecular weight is 323 g/mol. The number of amides is 1. The summed E-state index contributed by atoms with van der Waals surface area (Å²) in [5.41, 5.74) is 1.11. The Morgan fingerprint density at radius 2 is 2.09 bits per heavy atom. The molecule has 0 radical (unpaired) electrons. The van der Waals surface area contributed by atoms with Gasteiger partial charge in [0, 0.05) is 42.6 Å². The number of aliphatic hydroxyl groups excluding tert-OH is 1. The van der Waals surface area contributed by atoms with Gasteiger partial charge < -0.3 is 10.4 Å². The molecule has 1 aliphatic carbocycles. The highest BCUT2D eigenvalue weighted by Gasteiger charge is 2.35. The van der Waals surface area contributed by atoms with Crippen molar-refractivity contribution in [2.24, 2.45) is 11.8 Å². The van der Waals surface area contributed by atoms with Gasteiger partial charge in [-0.3, -0.25) is 9.69 Å². The van der Waals surface area contributed by atoms with Gasteiger partial charge in [0.15, 0.2) is 0 Å². The van der Waals surface area contributed by atoms with E-state index in [1.54, 1.807) is 0 Å². The monoisotopic (exact) mass is 322 g/mol. The van der Waals surface area contributed by atoms with Crippen molar-refractivity contribution >= 4 is 17.5 Å². The molecule has 1 saturated heterocycles. The molecule has 1 aliphatic heterocycles. The first-order chi connectivity index (χ1) is 10.7. The van der Waals surface area contributed by atoms with E-state index in [1.807, 2.05) is 24.3 Å². The summed E-state index contributed by atoms with van der Waals surface area (Å²) >= 11 is 6.23. The minimum Gasteiger partial charge on any atom is -0.396 e. The van der Waals surface area contributed by atoms with Gasteiger partial charge in [0.2, 0.25) is 5.91 Å². The van der Waals surface area contributed by atoms with Gasteiger partial charge in [0.1, 0.15) is 0 Å². The van der Waals surface area contributed by atoms with Gasteiger partial charge >= 0.3 is 0 Å². The molecule has 4 nitrogen and oxygen atoms in total. The van der Waals surface area contributed by atoms with Gasteiger partial charge in [0.05, 0.1) is 0 Å².